The highest BCUT2D eigenvalue weighted by molar-refractivity contribution is 7.92. The molecule has 4 rings (SSSR count). The average molecular weight is 450 g/mol. The van der Waals surface area contributed by atoms with Gasteiger partial charge in [0.1, 0.15) is 0 Å². The molecular formula is C24H23N3O4S. The van der Waals surface area contributed by atoms with Crippen molar-refractivity contribution in [2.75, 3.05) is 14.9 Å². The SMILES string of the molecule is CC(=O)Nc1cccc(NS(=O)(=O)c2ccc3c(c2)C[C@@H](C)N3C(=O)c2ccccc2)c1. The van der Waals surface area contributed by atoms with Crippen molar-refractivity contribution < 1.29 is 18.0 Å². The van der Waals surface area contributed by atoms with Gasteiger partial charge in [-0.3, -0.25) is 14.3 Å². The van der Waals surface area contributed by atoms with E-state index in [4.69, 9.17) is 0 Å². The van der Waals surface area contributed by atoms with Crippen LogP contribution in [0.1, 0.15) is 29.8 Å². The summed E-state index contributed by atoms with van der Waals surface area (Å²) in [5.41, 5.74) is 2.95. The maximum atomic E-state index is 13.0. The van der Waals surface area contributed by atoms with Crippen LogP contribution in [0.25, 0.3) is 0 Å². The van der Waals surface area contributed by atoms with E-state index in [0.29, 0.717) is 23.4 Å². The summed E-state index contributed by atoms with van der Waals surface area (Å²) < 4.78 is 28.5. The topological polar surface area (TPSA) is 95.6 Å². The number of rotatable bonds is 5. The summed E-state index contributed by atoms with van der Waals surface area (Å²) in [6.07, 6.45) is 0.565. The second-order valence-corrected chi connectivity index (χ2v) is 9.43. The van der Waals surface area contributed by atoms with Gasteiger partial charge in [-0.1, -0.05) is 24.3 Å². The maximum absolute atomic E-state index is 13.0. The molecule has 0 spiro atoms. The molecule has 0 fully saturated rings. The van der Waals surface area contributed by atoms with Crippen molar-refractivity contribution in [1.29, 1.82) is 0 Å². The van der Waals surface area contributed by atoms with Crippen molar-refractivity contribution in [2.45, 2.75) is 31.2 Å². The van der Waals surface area contributed by atoms with Crippen molar-refractivity contribution in [1.82, 2.24) is 0 Å². The first kappa shape index (κ1) is 21.6. The molecule has 1 heterocycles. The van der Waals surface area contributed by atoms with Crippen LogP contribution in [-0.2, 0) is 21.2 Å². The van der Waals surface area contributed by atoms with E-state index in [1.807, 2.05) is 25.1 Å². The van der Waals surface area contributed by atoms with Gasteiger partial charge >= 0.3 is 0 Å². The summed E-state index contributed by atoms with van der Waals surface area (Å²) in [4.78, 5) is 26.1. The van der Waals surface area contributed by atoms with Gasteiger partial charge in [-0.25, -0.2) is 8.42 Å². The number of sulfonamides is 1. The Bertz CT molecular complexity index is 1290. The monoisotopic (exact) mass is 449 g/mol. The van der Waals surface area contributed by atoms with Crippen LogP contribution in [0, 0.1) is 0 Å². The molecule has 3 aromatic carbocycles. The van der Waals surface area contributed by atoms with Crippen LogP contribution in [0.2, 0.25) is 0 Å². The number of carbonyl (C=O) groups excluding carboxylic acids is 2. The molecule has 0 saturated heterocycles. The number of nitrogens with zero attached hydrogens (tertiary/aromatic N) is 1. The number of nitrogens with one attached hydrogen (secondary N) is 2. The van der Waals surface area contributed by atoms with Crippen LogP contribution in [0.3, 0.4) is 0 Å². The summed E-state index contributed by atoms with van der Waals surface area (Å²) in [6, 6.07) is 20.2. The van der Waals surface area contributed by atoms with Gasteiger partial charge in [0.05, 0.1) is 10.6 Å². The van der Waals surface area contributed by atoms with Gasteiger partial charge in [-0.05, 0) is 67.4 Å². The molecule has 3 aromatic rings. The zero-order valence-corrected chi connectivity index (χ0v) is 18.5. The number of hydrogen-bond acceptors (Lipinski definition) is 4. The third-order valence-electron chi connectivity index (χ3n) is 5.25. The first-order chi connectivity index (χ1) is 15.2. The first-order valence-corrected chi connectivity index (χ1v) is 11.6. The Morgan fingerprint density at radius 1 is 0.938 bits per heavy atom. The van der Waals surface area contributed by atoms with Crippen LogP contribution in [-0.4, -0.2) is 26.3 Å². The Labute approximate surface area is 187 Å². The van der Waals surface area contributed by atoms with Crippen molar-refractivity contribution in [3.63, 3.8) is 0 Å². The van der Waals surface area contributed by atoms with Gasteiger partial charge in [-0.15, -0.1) is 0 Å². The minimum absolute atomic E-state index is 0.0852. The highest BCUT2D eigenvalue weighted by Crippen LogP contribution is 2.35. The Morgan fingerprint density at radius 3 is 2.38 bits per heavy atom. The molecule has 8 heteroatoms. The van der Waals surface area contributed by atoms with E-state index in [0.717, 1.165) is 11.3 Å². The van der Waals surface area contributed by atoms with Crippen LogP contribution in [0.15, 0.2) is 77.7 Å². The molecule has 0 radical (unpaired) electrons. The highest BCUT2D eigenvalue weighted by Gasteiger charge is 2.32. The minimum atomic E-state index is -3.85. The average Bonchev–Trinajstić information content (AvgIpc) is 3.08. The second-order valence-electron chi connectivity index (χ2n) is 7.75. The number of amides is 2. The zero-order valence-electron chi connectivity index (χ0n) is 17.7. The van der Waals surface area contributed by atoms with Crippen LogP contribution >= 0.6 is 0 Å². The number of carbonyl (C=O) groups is 2. The predicted molar refractivity (Wildman–Crippen MR) is 124 cm³/mol. The molecule has 1 atom stereocenters. The van der Waals surface area contributed by atoms with E-state index in [1.54, 1.807) is 53.4 Å². The van der Waals surface area contributed by atoms with Crippen molar-refractivity contribution in [2.24, 2.45) is 0 Å². The normalized spacial score (nSPS) is 15.2. The van der Waals surface area contributed by atoms with Crippen LogP contribution < -0.4 is 14.9 Å². The molecule has 164 valence electrons. The Balaban J connectivity index is 1.60. The standard InChI is InChI=1S/C24H23N3O4S/c1-16-13-19-14-22(11-12-23(19)27(16)24(29)18-7-4-3-5-8-18)32(30,31)26-21-10-6-9-20(15-21)25-17(2)28/h3-12,14-16,26H,13H2,1-2H3,(H,25,28)/t16-/m1/s1. The van der Waals surface area contributed by atoms with Crippen LogP contribution in [0.4, 0.5) is 17.1 Å². The summed E-state index contributed by atoms with van der Waals surface area (Å²) in [6.45, 7) is 3.33. The fraction of sp³-hybridized carbons (Fsp3) is 0.167. The Hall–Kier alpha value is -3.65. The van der Waals surface area contributed by atoms with Crippen LogP contribution in [0.5, 0.6) is 0 Å². The molecule has 0 saturated carbocycles. The molecule has 1 aliphatic heterocycles. The predicted octanol–water partition coefficient (Wildman–Crippen LogP) is 4.04. The highest BCUT2D eigenvalue weighted by atomic mass is 32.2. The lowest BCUT2D eigenvalue weighted by molar-refractivity contribution is -0.114. The van der Waals surface area contributed by atoms with Gasteiger partial charge < -0.3 is 10.2 Å². The second kappa shape index (κ2) is 8.47. The van der Waals surface area contributed by atoms with Gasteiger partial charge in [0.2, 0.25) is 5.91 Å². The molecular weight excluding hydrogens is 426 g/mol. The lowest BCUT2D eigenvalue weighted by Gasteiger charge is -2.23. The first-order valence-electron chi connectivity index (χ1n) is 10.2. The maximum Gasteiger partial charge on any atom is 0.261 e. The summed E-state index contributed by atoms with van der Waals surface area (Å²) in [5, 5.41) is 2.63. The Morgan fingerprint density at radius 2 is 1.66 bits per heavy atom. The lowest BCUT2D eigenvalue weighted by Crippen LogP contribution is -2.35. The van der Waals surface area contributed by atoms with E-state index in [1.165, 1.54) is 13.0 Å². The largest absolute Gasteiger partial charge is 0.326 e. The summed E-state index contributed by atoms with van der Waals surface area (Å²) >= 11 is 0. The van der Waals surface area contributed by atoms with E-state index in [9.17, 15) is 18.0 Å². The third-order valence-corrected chi connectivity index (χ3v) is 6.63. The molecule has 32 heavy (non-hydrogen) atoms. The van der Waals surface area contributed by atoms with Crippen molar-refractivity contribution in [3.8, 4) is 0 Å². The van der Waals surface area contributed by atoms with Gasteiger partial charge in [0.25, 0.3) is 15.9 Å². The van der Waals surface area contributed by atoms with Gasteiger partial charge in [-0.2, -0.15) is 0 Å². The molecule has 2 N–H and O–H groups in total. The number of hydrogen-bond donors (Lipinski definition) is 2. The Kier molecular flexibility index (Phi) is 5.71. The lowest BCUT2D eigenvalue weighted by atomic mass is 10.1. The van der Waals surface area contributed by atoms with E-state index < -0.39 is 10.0 Å². The number of fused-ring (bicyclic) bond motifs is 1. The van der Waals surface area contributed by atoms with E-state index in [-0.39, 0.29) is 22.8 Å². The third kappa shape index (κ3) is 4.36. The molecule has 0 aliphatic carbocycles. The fourth-order valence-electron chi connectivity index (χ4n) is 3.88. The molecule has 0 bridgehead atoms. The van der Waals surface area contributed by atoms with Crippen molar-refractivity contribution >= 4 is 38.9 Å². The fourth-order valence-corrected chi connectivity index (χ4v) is 4.98. The van der Waals surface area contributed by atoms with Crippen molar-refractivity contribution in [3.05, 3.63) is 83.9 Å². The van der Waals surface area contributed by atoms with Gasteiger partial charge in [0, 0.05) is 29.9 Å². The molecule has 2 amide bonds. The molecule has 0 aromatic heterocycles. The molecule has 1 aliphatic rings. The number of anilines is 3. The summed E-state index contributed by atoms with van der Waals surface area (Å²) in [5.74, 6) is -0.354. The quantitative estimate of drug-likeness (QED) is 0.615. The number of benzene rings is 3. The van der Waals surface area contributed by atoms with E-state index in [2.05, 4.69) is 10.0 Å². The van der Waals surface area contributed by atoms with Gasteiger partial charge in [0.15, 0.2) is 0 Å². The van der Waals surface area contributed by atoms with E-state index >= 15 is 0 Å². The zero-order chi connectivity index (χ0) is 22.9. The minimum Gasteiger partial charge on any atom is -0.326 e. The molecule has 7 nitrogen and oxygen atoms in total. The smallest absolute Gasteiger partial charge is 0.261 e. The molecule has 0 unspecified atom stereocenters. The summed E-state index contributed by atoms with van der Waals surface area (Å²) in [7, 11) is -3.85.